The molecule has 10 aromatic rings. The molecule has 292 valence electrons. The van der Waals surface area contributed by atoms with Crippen molar-refractivity contribution >= 4 is 17.1 Å². The monoisotopic (exact) mass is 797 g/mol. The summed E-state index contributed by atoms with van der Waals surface area (Å²) in [6.07, 6.45) is 0. The van der Waals surface area contributed by atoms with Crippen molar-refractivity contribution < 1.29 is 0 Å². The summed E-state index contributed by atoms with van der Waals surface area (Å²) in [5.41, 5.74) is 25.8. The van der Waals surface area contributed by atoms with Crippen molar-refractivity contribution in [2.45, 2.75) is 10.8 Å². The van der Waals surface area contributed by atoms with E-state index in [0.29, 0.717) is 0 Å². The Bertz CT molecular complexity index is 3380. The van der Waals surface area contributed by atoms with E-state index in [2.05, 4.69) is 241 Å². The van der Waals surface area contributed by atoms with Gasteiger partial charge in [0.25, 0.3) is 0 Å². The van der Waals surface area contributed by atoms with Crippen molar-refractivity contribution in [3.63, 3.8) is 0 Å². The summed E-state index contributed by atoms with van der Waals surface area (Å²) in [5.74, 6) is 0. The summed E-state index contributed by atoms with van der Waals surface area (Å²) in [7, 11) is 0. The minimum Gasteiger partial charge on any atom is -0.309 e. The Balaban J connectivity index is 1.24. The van der Waals surface area contributed by atoms with Crippen molar-refractivity contribution in [2.24, 2.45) is 0 Å². The molecule has 2 spiro atoms. The van der Waals surface area contributed by atoms with Crippen LogP contribution in [0.1, 0.15) is 44.5 Å². The second-order valence-electron chi connectivity index (χ2n) is 17.4. The van der Waals surface area contributed by atoms with Crippen LogP contribution < -0.4 is 4.90 Å². The largest absolute Gasteiger partial charge is 0.309 e. The van der Waals surface area contributed by atoms with Crippen LogP contribution in [0, 0.1) is 0 Å². The molecule has 0 amide bonds. The highest BCUT2D eigenvalue weighted by Gasteiger charge is 2.58. The number of rotatable bonds is 4. The molecule has 10 aromatic carbocycles. The summed E-state index contributed by atoms with van der Waals surface area (Å²) >= 11 is 0. The van der Waals surface area contributed by atoms with E-state index in [1.54, 1.807) is 0 Å². The predicted octanol–water partition coefficient (Wildman–Crippen LogP) is 15.5. The Kier molecular flexibility index (Phi) is 7.03. The molecule has 0 bridgehead atoms. The number of fused-ring (bicyclic) bond motifs is 20. The summed E-state index contributed by atoms with van der Waals surface area (Å²) in [5, 5.41) is 0. The van der Waals surface area contributed by atoms with Gasteiger partial charge in [-0.15, -0.1) is 0 Å². The highest BCUT2D eigenvalue weighted by molar-refractivity contribution is 6.11. The van der Waals surface area contributed by atoms with E-state index in [4.69, 9.17) is 0 Å². The molecule has 0 unspecified atom stereocenters. The van der Waals surface area contributed by atoms with Crippen molar-refractivity contribution in [2.75, 3.05) is 4.90 Å². The highest BCUT2D eigenvalue weighted by Crippen LogP contribution is 2.71. The van der Waals surface area contributed by atoms with Gasteiger partial charge in [-0.05, 0) is 119 Å². The van der Waals surface area contributed by atoms with E-state index in [1.807, 2.05) is 0 Å². The average Bonchev–Trinajstić information content (AvgIpc) is 4.04. The molecule has 0 saturated heterocycles. The molecule has 4 aliphatic carbocycles. The lowest BCUT2D eigenvalue weighted by molar-refractivity contribution is 0.768. The van der Waals surface area contributed by atoms with E-state index < -0.39 is 10.8 Å². The SMILES string of the molecule is c1ccc(-c2ccc3c(c2)-c2c(cc4c(c2N(c2ccccc2)c2ccccc2)-c2ccccc2C42c4ccccc4-c4ccccc42)C32c3ccccc3-c3ccccc32)cc1. The Labute approximate surface area is 367 Å². The molecule has 0 heterocycles. The third-order valence-corrected chi connectivity index (χ3v) is 14.7. The van der Waals surface area contributed by atoms with Crippen molar-refractivity contribution in [1.29, 1.82) is 0 Å². The number of benzene rings is 10. The van der Waals surface area contributed by atoms with Crippen LogP contribution in [0.5, 0.6) is 0 Å². The molecule has 14 rings (SSSR count). The van der Waals surface area contributed by atoms with Crippen molar-refractivity contribution in [3.8, 4) is 55.6 Å². The predicted molar refractivity (Wildman–Crippen MR) is 259 cm³/mol. The number of hydrogen-bond acceptors (Lipinski definition) is 1. The summed E-state index contributed by atoms with van der Waals surface area (Å²) in [4.78, 5) is 2.57. The van der Waals surface area contributed by atoms with E-state index in [0.717, 1.165) is 11.4 Å². The topological polar surface area (TPSA) is 3.24 Å². The number of anilines is 3. The van der Waals surface area contributed by atoms with Crippen LogP contribution >= 0.6 is 0 Å². The molecule has 63 heavy (non-hydrogen) atoms. The average molecular weight is 798 g/mol. The third kappa shape index (κ3) is 4.31. The lowest BCUT2D eigenvalue weighted by Gasteiger charge is -2.36. The Hall–Kier alpha value is -8.00. The van der Waals surface area contributed by atoms with Gasteiger partial charge in [-0.25, -0.2) is 0 Å². The summed E-state index contributed by atoms with van der Waals surface area (Å²) < 4.78 is 0. The van der Waals surface area contributed by atoms with Crippen LogP contribution in [-0.4, -0.2) is 0 Å². The highest BCUT2D eigenvalue weighted by atomic mass is 15.1. The molecule has 0 saturated carbocycles. The summed E-state index contributed by atoms with van der Waals surface area (Å²) in [6, 6.07) is 89.1. The molecule has 0 atom stereocenters. The fourth-order valence-corrected chi connectivity index (χ4v) is 12.4. The lowest BCUT2D eigenvalue weighted by atomic mass is 9.67. The van der Waals surface area contributed by atoms with Crippen LogP contribution in [0.4, 0.5) is 17.1 Å². The zero-order chi connectivity index (χ0) is 41.3. The van der Waals surface area contributed by atoms with Gasteiger partial charge in [-0.1, -0.05) is 206 Å². The molecule has 1 nitrogen and oxygen atoms in total. The second kappa shape index (κ2) is 12.8. The molecule has 0 radical (unpaired) electrons. The van der Waals surface area contributed by atoms with Crippen LogP contribution in [0.15, 0.2) is 237 Å². The first-order valence-corrected chi connectivity index (χ1v) is 22.1. The van der Waals surface area contributed by atoms with Gasteiger partial charge in [0, 0.05) is 22.5 Å². The van der Waals surface area contributed by atoms with Crippen molar-refractivity contribution in [3.05, 3.63) is 281 Å². The van der Waals surface area contributed by atoms with E-state index in [9.17, 15) is 0 Å². The van der Waals surface area contributed by atoms with E-state index in [1.165, 1.54) is 106 Å². The molecular formula is C62H39N. The van der Waals surface area contributed by atoms with Crippen LogP contribution in [0.3, 0.4) is 0 Å². The lowest BCUT2D eigenvalue weighted by Crippen LogP contribution is -2.29. The number of hydrogen-bond donors (Lipinski definition) is 0. The zero-order valence-corrected chi connectivity index (χ0v) is 34.5. The molecule has 0 N–H and O–H groups in total. The zero-order valence-electron chi connectivity index (χ0n) is 34.5. The van der Waals surface area contributed by atoms with Gasteiger partial charge in [0.15, 0.2) is 0 Å². The van der Waals surface area contributed by atoms with Gasteiger partial charge in [0.2, 0.25) is 0 Å². The maximum absolute atomic E-state index is 2.68. The normalized spacial score (nSPS) is 14.3. The first-order chi connectivity index (χ1) is 31.3. The number of para-hydroxylation sites is 2. The molecular weight excluding hydrogens is 759 g/mol. The summed E-state index contributed by atoms with van der Waals surface area (Å²) in [6.45, 7) is 0. The minimum absolute atomic E-state index is 0.551. The van der Waals surface area contributed by atoms with Gasteiger partial charge in [-0.2, -0.15) is 0 Å². The smallest absolute Gasteiger partial charge is 0.0726 e. The Morgan fingerprint density at radius 1 is 0.238 bits per heavy atom. The van der Waals surface area contributed by atoms with Crippen molar-refractivity contribution in [1.82, 2.24) is 0 Å². The number of nitrogens with zero attached hydrogens (tertiary/aromatic N) is 1. The molecule has 0 aromatic heterocycles. The quantitative estimate of drug-likeness (QED) is 0.171. The van der Waals surface area contributed by atoms with E-state index >= 15 is 0 Å². The second-order valence-corrected chi connectivity index (χ2v) is 17.4. The third-order valence-electron chi connectivity index (χ3n) is 14.7. The maximum atomic E-state index is 2.68. The standard InChI is InChI=1S/C62H39N/c1-4-20-40(21-5-1)41-36-37-55-49(38-41)59-57(62(55)52-33-17-12-28-46(52)47-29-13-18-34-53(47)62)39-56-58(60(59)63(42-22-6-2-7-23-42)43-24-8-3-9-25-43)48-30-14-19-35-54(48)61(56)50-31-15-10-26-44(50)45-27-11-16-32-51(45)61/h1-39H. The Morgan fingerprint density at radius 2 is 0.587 bits per heavy atom. The van der Waals surface area contributed by atoms with Gasteiger partial charge < -0.3 is 4.90 Å². The van der Waals surface area contributed by atoms with Crippen LogP contribution in [-0.2, 0) is 10.8 Å². The minimum atomic E-state index is -0.580. The maximum Gasteiger partial charge on any atom is 0.0726 e. The molecule has 0 fully saturated rings. The van der Waals surface area contributed by atoms with Gasteiger partial charge in [0.05, 0.1) is 16.5 Å². The fraction of sp³-hybridized carbons (Fsp3) is 0.0323. The van der Waals surface area contributed by atoms with Crippen LogP contribution in [0.2, 0.25) is 0 Å². The molecule has 1 heteroatoms. The Morgan fingerprint density at radius 3 is 1.05 bits per heavy atom. The first kappa shape index (κ1) is 34.7. The van der Waals surface area contributed by atoms with Gasteiger partial charge >= 0.3 is 0 Å². The fourth-order valence-electron chi connectivity index (χ4n) is 12.4. The molecule has 0 aliphatic heterocycles. The van der Waals surface area contributed by atoms with E-state index in [-0.39, 0.29) is 0 Å². The molecule has 4 aliphatic rings. The first-order valence-electron chi connectivity index (χ1n) is 22.1. The van der Waals surface area contributed by atoms with Crippen LogP contribution in [0.25, 0.3) is 55.6 Å². The van der Waals surface area contributed by atoms with Gasteiger partial charge in [0.1, 0.15) is 0 Å². The van der Waals surface area contributed by atoms with Gasteiger partial charge in [-0.3, -0.25) is 0 Å².